The second kappa shape index (κ2) is 16.6. The molecule has 4 saturated heterocycles. The van der Waals surface area contributed by atoms with Crippen molar-refractivity contribution < 1.29 is 57.9 Å². The van der Waals surface area contributed by atoms with Crippen LogP contribution in [0.5, 0.6) is 0 Å². The van der Waals surface area contributed by atoms with Crippen molar-refractivity contribution in [3.8, 4) is 0 Å². The SMILES string of the molecule is C[C@H](O)[C@@H](NC(=O)[C@@]12C[C@H]3OC(=O)[C@@H]1N(Cc1ccccc1C=C1CCC4O[C@]4(C)CC[C@@H]4[C@@H]1CC4(C)C)O[C@@H]2[C@H]1OC(C2CC2)(C2CC2)O[C@H]13)C(=O)N[C@H](CO)CCC(=O)OC(C)(C)C. The molecule has 10 rings (SSSR count). The smallest absolute Gasteiger partial charge is 0.327 e. The van der Waals surface area contributed by atoms with Gasteiger partial charge in [0.25, 0.3) is 0 Å². The van der Waals surface area contributed by atoms with E-state index in [9.17, 15) is 24.6 Å². The third-order valence-corrected chi connectivity index (χ3v) is 16.8. The number of hydrogen-bond donors (Lipinski definition) is 4. The molecule has 5 aliphatic carbocycles. The average molecular weight is 918 g/mol. The molecule has 9 fully saturated rings. The van der Waals surface area contributed by atoms with Crippen molar-refractivity contribution in [2.24, 2.45) is 34.5 Å². The van der Waals surface area contributed by atoms with E-state index in [-0.39, 0.29) is 54.8 Å². The van der Waals surface area contributed by atoms with Crippen molar-refractivity contribution in [2.75, 3.05) is 6.61 Å². The van der Waals surface area contributed by atoms with Crippen molar-refractivity contribution in [3.05, 3.63) is 41.0 Å². The van der Waals surface area contributed by atoms with Crippen molar-refractivity contribution in [1.29, 1.82) is 0 Å². The minimum Gasteiger partial charge on any atom is -0.460 e. The predicted octanol–water partition coefficient (Wildman–Crippen LogP) is 5.03. The standard InChI is InChI=1S/C51H71N3O12/c1-27(56)39(44(58)52-33(26-55)17-19-38(57)63-47(2,3)4)53-46(60)50-24-36-40-41(65-51(64-40,31-13-14-31)32-15-16-32)43(50)66-54(42(50)45(59)61-36)25-30-11-9-8-10-28(30)22-29-12-18-37-49(7,62-37)21-20-35-34(29)23-48(35,5)6/h8-11,22,27,31-37,39-43,55-56H,12-21,23-26H2,1-7H3,(H,52,58)(H,53,60)/t27-,33-,34+,35+,36+,37?,39+,40-,41-,42-,43+,49+,50-/m0/s1. The van der Waals surface area contributed by atoms with Gasteiger partial charge in [-0.1, -0.05) is 49.8 Å². The third kappa shape index (κ3) is 8.23. The zero-order chi connectivity index (χ0) is 46.7. The Labute approximate surface area is 388 Å². The molecule has 9 aliphatic rings. The number of carbonyl (C=O) groups excluding carboxylic acids is 4. The average Bonchev–Trinajstić information content (AvgIpc) is 4.20. The zero-order valence-electron chi connectivity index (χ0n) is 39.7. The Hall–Kier alpha value is -3.44. The van der Waals surface area contributed by atoms with Crippen LogP contribution in [0.2, 0.25) is 0 Å². The van der Waals surface area contributed by atoms with Crippen LogP contribution in [0.3, 0.4) is 0 Å². The van der Waals surface area contributed by atoms with Gasteiger partial charge in [0.05, 0.1) is 37.0 Å². The molecule has 0 radical (unpaired) electrons. The summed E-state index contributed by atoms with van der Waals surface area (Å²) in [6.07, 6.45) is 7.17. The second-order valence-electron chi connectivity index (χ2n) is 23.2. The molecule has 13 atom stereocenters. The van der Waals surface area contributed by atoms with Crippen LogP contribution in [0, 0.1) is 34.5 Å². The summed E-state index contributed by atoms with van der Waals surface area (Å²) in [7, 11) is 0. The van der Waals surface area contributed by atoms with Gasteiger partial charge in [-0.15, -0.1) is 0 Å². The molecular formula is C51H71N3O12. The molecule has 66 heavy (non-hydrogen) atoms. The van der Waals surface area contributed by atoms with Crippen LogP contribution in [0.25, 0.3) is 6.08 Å². The molecule has 0 aromatic heterocycles. The maximum atomic E-state index is 15.4. The molecule has 15 heteroatoms. The van der Waals surface area contributed by atoms with E-state index in [1.165, 1.54) is 12.5 Å². The van der Waals surface area contributed by atoms with Crippen LogP contribution in [0.1, 0.15) is 137 Å². The highest BCUT2D eigenvalue weighted by Gasteiger charge is 2.78. The van der Waals surface area contributed by atoms with E-state index in [4.69, 9.17) is 28.5 Å². The summed E-state index contributed by atoms with van der Waals surface area (Å²) in [4.78, 5) is 63.4. The van der Waals surface area contributed by atoms with Crippen molar-refractivity contribution >= 4 is 29.8 Å². The minimum absolute atomic E-state index is 0.0303. The van der Waals surface area contributed by atoms with Crippen LogP contribution < -0.4 is 10.6 Å². The van der Waals surface area contributed by atoms with Crippen LogP contribution in [0.15, 0.2) is 29.8 Å². The van der Waals surface area contributed by atoms with Gasteiger partial charge in [0.15, 0.2) is 11.8 Å². The number of rotatable bonds is 14. The highest BCUT2D eigenvalue weighted by molar-refractivity contribution is 5.96. The molecule has 4 aliphatic heterocycles. The number of ether oxygens (including phenoxy) is 5. The van der Waals surface area contributed by atoms with Gasteiger partial charge in [0, 0.05) is 24.7 Å². The van der Waals surface area contributed by atoms with Crippen molar-refractivity contribution in [2.45, 2.75) is 204 Å². The molecule has 4 N–H and O–H groups in total. The molecule has 15 nitrogen and oxygen atoms in total. The Balaban J connectivity index is 0.948. The van der Waals surface area contributed by atoms with Gasteiger partial charge in [-0.25, -0.2) is 0 Å². The fourth-order valence-electron chi connectivity index (χ4n) is 12.9. The largest absolute Gasteiger partial charge is 0.460 e. The maximum Gasteiger partial charge on any atom is 0.327 e. The maximum absolute atomic E-state index is 15.4. The summed E-state index contributed by atoms with van der Waals surface area (Å²) in [5.41, 5.74) is 1.28. The number of carbonyl (C=O) groups is 4. The van der Waals surface area contributed by atoms with Gasteiger partial charge in [0.1, 0.15) is 41.5 Å². The number of hydroxylamine groups is 2. The lowest BCUT2D eigenvalue weighted by molar-refractivity contribution is -0.235. The van der Waals surface area contributed by atoms with E-state index < -0.39 is 95.8 Å². The van der Waals surface area contributed by atoms with Crippen molar-refractivity contribution in [1.82, 2.24) is 15.7 Å². The lowest BCUT2D eigenvalue weighted by Gasteiger charge is -2.53. The summed E-state index contributed by atoms with van der Waals surface area (Å²) >= 11 is 0. The number of fused-ring (bicyclic) bond motifs is 6. The highest BCUT2D eigenvalue weighted by atomic mass is 16.8. The molecule has 1 aromatic rings. The first-order valence-corrected chi connectivity index (χ1v) is 24.8. The van der Waals surface area contributed by atoms with E-state index in [1.807, 2.05) is 18.2 Å². The minimum atomic E-state index is -1.60. The monoisotopic (exact) mass is 918 g/mol. The number of nitrogens with one attached hydrogen (secondary N) is 2. The Bertz CT molecular complexity index is 2120. The number of nitrogens with zero attached hydrogens (tertiary/aromatic N) is 1. The normalized spacial score (nSPS) is 38.1. The Kier molecular flexibility index (Phi) is 11.7. The molecule has 1 unspecified atom stereocenters. The number of epoxide rings is 1. The van der Waals surface area contributed by atoms with Crippen LogP contribution in [-0.4, -0.2) is 117 Å². The summed E-state index contributed by atoms with van der Waals surface area (Å²) < 4.78 is 31.9. The molecule has 362 valence electrons. The Morgan fingerprint density at radius 2 is 1.68 bits per heavy atom. The second-order valence-corrected chi connectivity index (χ2v) is 23.2. The van der Waals surface area contributed by atoms with E-state index in [0.29, 0.717) is 11.8 Å². The summed E-state index contributed by atoms with van der Waals surface area (Å²) in [5.74, 6) is -1.94. The van der Waals surface area contributed by atoms with Crippen LogP contribution in [-0.2, 0) is 54.2 Å². The molecule has 4 heterocycles. The number of esters is 2. The predicted molar refractivity (Wildman–Crippen MR) is 238 cm³/mol. The number of amides is 2. The fourth-order valence-corrected chi connectivity index (χ4v) is 12.9. The van der Waals surface area contributed by atoms with Crippen LogP contribution in [0.4, 0.5) is 0 Å². The quantitative estimate of drug-likeness (QED) is 0.144. The summed E-state index contributed by atoms with van der Waals surface area (Å²) in [5, 5.41) is 28.5. The number of allylic oxidation sites excluding steroid dienone is 1. The summed E-state index contributed by atoms with van der Waals surface area (Å²) in [6, 6.07) is 4.57. The first kappa shape index (κ1) is 46.3. The van der Waals surface area contributed by atoms with Gasteiger partial charge in [-0.05, 0) is 127 Å². The first-order valence-electron chi connectivity index (χ1n) is 24.8. The topological polar surface area (TPSA) is 195 Å². The lowest BCUT2D eigenvalue weighted by atomic mass is 9.52. The zero-order valence-corrected chi connectivity index (χ0v) is 39.7. The van der Waals surface area contributed by atoms with Crippen molar-refractivity contribution in [3.63, 3.8) is 0 Å². The van der Waals surface area contributed by atoms with E-state index >= 15 is 4.79 Å². The number of aliphatic hydroxyl groups excluding tert-OH is 2. The van der Waals surface area contributed by atoms with E-state index in [1.54, 1.807) is 25.8 Å². The fraction of sp³-hybridized carbons (Fsp3) is 0.765. The Morgan fingerprint density at radius 1 is 0.970 bits per heavy atom. The Morgan fingerprint density at radius 3 is 2.35 bits per heavy atom. The molecule has 1 aromatic carbocycles. The molecule has 0 spiro atoms. The third-order valence-electron chi connectivity index (χ3n) is 16.8. The molecule has 2 amide bonds. The lowest BCUT2D eigenvalue weighted by Crippen LogP contribution is -2.71. The molecular weight excluding hydrogens is 847 g/mol. The number of benzene rings is 1. The van der Waals surface area contributed by atoms with Gasteiger partial charge in [0.2, 0.25) is 11.8 Å². The first-order chi connectivity index (χ1) is 31.2. The highest BCUT2D eigenvalue weighted by Crippen LogP contribution is 2.64. The number of hydrogen-bond acceptors (Lipinski definition) is 13. The summed E-state index contributed by atoms with van der Waals surface area (Å²) in [6.45, 7) is 13.3. The van der Waals surface area contributed by atoms with Gasteiger partial charge in [-0.2, -0.15) is 5.06 Å². The molecule has 5 saturated carbocycles. The van der Waals surface area contributed by atoms with Crippen LogP contribution >= 0.6 is 0 Å². The number of aliphatic hydroxyl groups is 2. The van der Waals surface area contributed by atoms with Gasteiger partial charge in [-0.3, -0.25) is 24.0 Å². The van der Waals surface area contributed by atoms with E-state index in [2.05, 4.69) is 43.5 Å². The van der Waals surface area contributed by atoms with Gasteiger partial charge < -0.3 is 44.5 Å². The van der Waals surface area contributed by atoms with E-state index in [0.717, 1.165) is 68.9 Å². The molecule has 2 bridgehead atoms. The van der Waals surface area contributed by atoms with Gasteiger partial charge >= 0.3 is 11.9 Å².